The average Bonchev–Trinajstić information content (AvgIpc) is 3.59. The first kappa shape index (κ1) is 23.6. The second-order valence-electron chi connectivity index (χ2n) is 11.0. The highest BCUT2D eigenvalue weighted by Crippen LogP contribution is 2.43. The second kappa shape index (κ2) is 9.06. The molecule has 0 amide bonds. The number of piperazine rings is 1. The summed E-state index contributed by atoms with van der Waals surface area (Å²) >= 11 is 0. The number of nitrogens with zero attached hydrogens (tertiary/aromatic N) is 6. The average molecular weight is 529 g/mol. The molecule has 2 atom stereocenters. The molecule has 3 aromatic heterocycles. The van der Waals surface area contributed by atoms with E-state index in [1.165, 1.54) is 24.2 Å². The second-order valence-corrected chi connectivity index (χ2v) is 13.5. The quantitative estimate of drug-likeness (QED) is 0.373. The molecule has 9 nitrogen and oxygen atoms in total. The van der Waals surface area contributed by atoms with Crippen molar-refractivity contribution in [2.45, 2.75) is 43.7 Å². The van der Waals surface area contributed by atoms with Gasteiger partial charge in [0.25, 0.3) is 0 Å². The summed E-state index contributed by atoms with van der Waals surface area (Å²) in [6.45, 7) is 2.14. The van der Waals surface area contributed by atoms with Crippen LogP contribution in [-0.4, -0.2) is 61.4 Å². The summed E-state index contributed by atoms with van der Waals surface area (Å²) < 4.78 is 18.7. The molecular weight excluding hydrogens is 496 g/mol. The Morgan fingerprint density at radius 1 is 1.00 bits per heavy atom. The van der Waals surface area contributed by atoms with Gasteiger partial charge in [0.1, 0.15) is 5.82 Å². The lowest BCUT2D eigenvalue weighted by Crippen LogP contribution is -2.51. The van der Waals surface area contributed by atoms with Crippen molar-refractivity contribution < 1.29 is 4.21 Å². The fourth-order valence-electron chi connectivity index (χ4n) is 5.69. The molecule has 196 valence electrons. The normalized spacial score (nSPS) is 21.2. The molecule has 0 radical (unpaired) electrons. The summed E-state index contributed by atoms with van der Waals surface area (Å²) in [7, 11) is -2.31. The number of nitrogens with one attached hydrogen (secondary N) is 2. The van der Waals surface area contributed by atoms with Gasteiger partial charge in [0.15, 0.2) is 11.5 Å². The Bertz CT molecular complexity index is 1610. The van der Waals surface area contributed by atoms with Crippen LogP contribution in [0.5, 0.6) is 0 Å². The molecule has 2 unspecified atom stereocenters. The van der Waals surface area contributed by atoms with Crippen LogP contribution in [0.1, 0.15) is 37.3 Å². The van der Waals surface area contributed by atoms with Crippen molar-refractivity contribution in [3.8, 4) is 5.82 Å². The minimum atomic E-state index is -2.31. The Morgan fingerprint density at radius 2 is 1.76 bits per heavy atom. The van der Waals surface area contributed by atoms with Crippen molar-refractivity contribution >= 4 is 43.9 Å². The number of pyridine rings is 1. The van der Waals surface area contributed by atoms with Gasteiger partial charge in [-0.15, -0.1) is 0 Å². The Hall–Kier alpha value is -3.50. The SMILES string of the molecule is CS(C)(=O)=Nc1cccc(-n2c(C3CC3)cc3cnc(Nc4ccc(N5CC6CCC(C5)N6)cc4)nc32)n1. The van der Waals surface area contributed by atoms with E-state index in [0.29, 0.717) is 29.8 Å². The van der Waals surface area contributed by atoms with Crippen LogP contribution in [0.3, 0.4) is 0 Å². The molecule has 7 rings (SSSR count). The van der Waals surface area contributed by atoms with Crippen molar-refractivity contribution in [2.75, 3.05) is 35.8 Å². The maximum absolute atomic E-state index is 12.3. The van der Waals surface area contributed by atoms with E-state index < -0.39 is 9.73 Å². The Labute approximate surface area is 222 Å². The molecule has 5 heterocycles. The lowest BCUT2D eigenvalue weighted by atomic mass is 10.2. The third kappa shape index (κ3) is 4.74. The summed E-state index contributed by atoms with van der Waals surface area (Å²) in [5, 5.41) is 8.06. The van der Waals surface area contributed by atoms with E-state index in [0.717, 1.165) is 48.5 Å². The molecule has 2 N–H and O–H groups in total. The highest BCUT2D eigenvalue weighted by molar-refractivity contribution is 7.92. The number of aromatic nitrogens is 4. The molecule has 0 spiro atoms. The van der Waals surface area contributed by atoms with Crippen LogP contribution in [0, 0.1) is 0 Å². The first-order chi connectivity index (χ1) is 18.4. The third-order valence-electron chi connectivity index (χ3n) is 7.53. The number of hydrogen-bond acceptors (Lipinski definition) is 8. The Balaban J connectivity index is 1.19. The standard InChI is InChI=1S/C28H32N8OS/c1-38(2,37)34-25-4-3-5-26(32-25)36-24(18-6-7-18)14-19-15-29-28(33-27(19)36)31-20-10-12-23(13-11-20)35-16-21-8-9-22(17-35)30-21/h3-5,10-15,18,21-22,30H,6-9,16-17H2,1-2H3,(H,29,31,33). The molecule has 3 fully saturated rings. The van der Waals surface area contributed by atoms with E-state index in [1.54, 1.807) is 18.6 Å². The van der Waals surface area contributed by atoms with E-state index >= 15 is 0 Å². The minimum Gasteiger partial charge on any atom is -0.368 e. The van der Waals surface area contributed by atoms with Gasteiger partial charge in [-0.1, -0.05) is 6.07 Å². The zero-order valence-corrected chi connectivity index (χ0v) is 22.5. The largest absolute Gasteiger partial charge is 0.368 e. The minimum absolute atomic E-state index is 0.464. The van der Waals surface area contributed by atoms with Gasteiger partial charge >= 0.3 is 0 Å². The van der Waals surface area contributed by atoms with Crippen molar-refractivity contribution in [2.24, 2.45) is 4.36 Å². The number of rotatable bonds is 6. The molecule has 3 aliphatic rings. The van der Waals surface area contributed by atoms with Crippen molar-refractivity contribution in [3.63, 3.8) is 0 Å². The lowest BCUT2D eigenvalue weighted by molar-refractivity contribution is 0.466. The van der Waals surface area contributed by atoms with Crippen molar-refractivity contribution in [3.05, 3.63) is 60.4 Å². The number of benzene rings is 1. The van der Waals surface area contributed by atoms with Gasteiger partial charge in [0, 0.05) is 76.1 Å². The molecule has 1 saturated carbocycles. The summed E-state index contributed by atoms with van der Waals surface area (Å²) in [5.74, 6) is 2.22. The number of fused-ring (bicyclic) bond motifs is 3. The van der Waals surface area contributed by atoms with Crippen LogP contribution in [0.2, 0.25) is 0 Å². The maximum atomic E-state index is 12.3. The zero-order valence-electron chi connectivity index (χ0n) is 21.7. The summed E-state index contributed by atoms with van der Waals surface area (Å²) in [6, 6.07) is 17.6. The molecule has 38 heavy (non-hydrogen) atoms. The molecular formula is C28H32N8OS. The highest BCUT2D eigenvalue weighted by atomic mass is 32.2. The van der Waals surface area contributed by atoms with Gasteiger partial charge in [-0.25, -0.2) is 14.2 Å². The lowest BCUT2D eigenvalue weighted by Gasteiger charge is -2.34. The molecule has 2 saturated heterocycles. The molecule has 2 bridgehead atoms. The smallest absolute Gasteiger partial charge is 0.229 e. The molecule has 4 aromatic rings. The predicted octanol–water partition coefficient (Wildman–Crippen LogP) is 4.74. The van der Waals surface area contributed by atoms with E-state index in [1.807, 2.05) is 18.3 Å². The van der Waals surface area contributed by atoms with Crippen molar-refractivity contribution in [1.29, 1.82) is 0 Å². The van der Waals surface area contributed by atoms with Crippen LogP contribution in [-0.2, 0) is 9.73 Å². The predicted molar refractivity (Wildman–Crippen MR) is 153 cm³/mol. The van der Waals surface area contributed by atoms with Crippen LogP contribution < -0.4 is 15.5 Å². The number of hydrogen-bond donors (Lipinski definition) is 2. The van der Waals surface area contributed by atoms with E-state index in [4.69, 9.17) is 9.97 Å². The summed E-state index contributed by atoms with van der Waals surface area (Å²) in [4.78, 5) is 16.7. The Kier molecular flexibility index (Phi) is 5.63. The summed E-state index contributed by atoms with van der Waals surface area (Å²) in [6.07, 6.45) is 9.96. The van der Waals surface area contributed by atoms with Gasteiger partial charge in [0.05, 0.1) is 0 Å². The van der Waals surface area contributed by atoms with Crippen LogP contribution in [0.4, 0.5) is 23.1 Å². The van der Waals surface area contributed by atoms with Gasteiger partial charge in [0.2, 0.25) is 5.95 Å². The highest BCUT2D eigenvalue weighted by Gasteiger charge is 2.32. The molecule has 1 aromatic carbocycles. The molecule has 10 heteroatoms. The first-order valence-corrected chi connectivity index (χ1v) is 15.6. The van der Waals surface area contributed by atoms with E-state index in [2.05, 4.69) is 59.8 Å². The van der Waals surface area contributed by atoms with Gasteiger partial charge in [-0.05, 0) is 74.1 Å². The number of anilines is 3. The van der Waals surface area contributed by atoms with E-state index in [-0.39, 0.29) is 0 Å². The van der Waals surface area contributed by atoms with E-state index in [9.17, 15) is 4.21 Å². The van der Waals surface area contributed by atoms with Crippen molar-refractivity contribution in [1.82, 2.24) is 24.8 Å². The van der Waals surface area contributed by atoms with Gasteiger partial charge in [-0.3, -0.25) is 4.57 Å². The van der Waals surface area contributed by atoms with Crippen LogP contribution >= 0.6 is 0 Å². The van der Waals surface area contributed by atoms with Gasteiger partial charge < -0.3 is 15.5 Å². The van der Waals surface area contributed by atoms with Gasteiger partial charge in [-0.2, -0.15) is 9.35 Å². The zero-order chi connectivity index (χ0) is 25.9. The molecule has 1 aliphatic carbocycles. The summed E-state index contributed by atoms with van der Waals surface area (Å²) in [5.41, 5.74) is 4.19. The maximum Gasteiger partial charge on any atom is 0.229 e. The van der Waals surface area contributed by atoms with Crippen LogP contribution in [0.25, 0.3) is 16.9 Å². The molecule has 2 aliphatic heterocycles. The fourth-order valence-corrected chi connectivity index (χ4v) is 6.25. The monoisotopic (exact) mass is 528 g/mol. The Morgan fingerprint density at radius 3 is 2.47 bits per heavy atom. The first-order valence-electron chi connectivity index (χ1n) is 13.3. The topological polar surface area (TPSA) is 100 Å². The van der Waals surface area contributed by atoms with Crippen LogP contribution in [0.15, 0.2) is 59.1 Å². The third-order valence-corrected chi connectivity index (χ3v) is 8.16. The fraction of sp³-hybridized carbons (Fsp3) is 0.393.